The number of nitrogens with one attached hydrogen (secondary N) is 18. The fraction of sp³-hybridized carbons (Fsp3) is 0.714. The van der Waals surface area contributed by atoms with Crippen LogP contribution in [0, 0.1) is 22.7 Å². The van der Waals surface area contributed by atoms with Gasteiger partial charge in [-0.25, -0.2) is 4.98 Å². The number of benzene rings is 1. The first kappa shape index (κ1) is 121. The third-order valence-corrected chi connectivity index (χ3v) is 23.1. The lowest BCUT2D eigenvalue weighted by molar-refractivity contribution is -0.142. The molecule has 14 amide bonds. The van der Waals surface area contributed by atoms with Gasteiger partial charge in [0.1, 0.15) is 84.3 Å². The standard InChI is InChI=1S/C91H161N25O19S/c1-8-9-10-11-12-13-14-15-16-17-18-19-20-21-22-36-74(120)104-62(31-23-26-42-92)78(124)105-63(32-24-27-43-93)79(125)111-69(48-56(2)3)84(130)107-66(35-30-46-102-91(98)99)82(128)115-73(54-117)88(134)109-67(41-47-136-7)83(129)116-76(58(6)118)89(135)114-72(52-75(121)122)87(133)106-64(33-25-28-44-94)80(126)113-71(50-59-37-39-61(119)40-38-59)86(132)108-65(34-29-45-101-90(96)97)81(127)112-70(49-57(4)5)85(131)110-68(77(95)123)51-60-53-100-55-103-60/h37-40,53,55-58,62-73,76,117-119H,8-36,41-52,54,92-94H2,1-7H3,(H2,95,123)(H,100,103)(H,104,120)(H,105,124)(H,106,133)(H,107,130)(H,108,132)(H,109,134)(H,110,131)(H,111,125)(H,112,127)(H,113,126)(H,114,135)(H,115,128)(H,116,129)(H,121,122)(H4,96,97,101)(H4,98,99,102)/t58-,62+,63+,64+,65+,66+,67+,68+,69+,70+,71+,72+,73+,76+/m1/s1. The molecule has 770 valence electrons. The van der Waals surface area contributed by atoms with Gasteiger partial charge in [0.05, 0.1) is 31.2 Å². The van der Waals surface area contributed by atoms with Gasteiger partial charge < -0.3 is 140 Å². The van der Waals surface area contributed by atoms with Crippen LogP contribution in [0.4, 0.5) is 0 Å². The van der Waals surface area contributed by atoms with Crippen molar-refractivity contribution in [3.63, 3.8) is 0 Å². The molecular formula is C91H161N25O19S. The van der Waals surface area contributed by atoms with Crippen molar-refractivity contribution in [1.29, 1.82) is 10.8 Å². The SMILES string of the molecule is CCCCCCCCCCCCCCCCCC(=O)N[C@@H](CCCCN)C(=O)N[C@@H](CCCCN)C(=O)N[C@@H](CC(C)C)C(=O)N[C@@H](CCCNC(=N)N)C(=O)N[C@@H](CO)C(=O)N[C@@H](CCSC)C(=O)N[C@H](C(=O)N[C@@H](CC(=O)O)C(=O)N[C@@H](CCCCN)C(=O)N[C@@H](Cc1ccc(O)cc1)C(=O)N[C@@H](CCCNC(=N)N)C(=O)N[C@@H](CC(C)C)C(=O)N[C@@H](Cc1c[nH]cn1)C(N)=O)[C@@H](C)O. The molecular weight excluding hydrogens is 1780 g/mol. The number of aromatic hydroxyl groups is 1. The number of phenolic OH excluding ortho intramolecular Hbond substituents is 1. The average Bonchev–Trinajstić information content (AvgIpc) is 0.955. The molecule has 44 nitrogen and oxygen atoms in total. The highest BCUT2D eigenvalue weighted by Gasteiger charge is 2.40. The molecule has 0 aliphatic heterocycles. The number of aromatic nitrogens is 2. The van der Waals surface area contributed by atoms with Crippen LogP contribution >= 0.6 is 11.8 Å². The number of aliphatic carboxylic acids is 1. The van der Waals surface area contributed by atoms with Gasteiger partial charge in [0.25, 0.3) is 0 Å². The Morgan fingerprint density at radius 1 is 0.412 bits per heavy atom. The number of aliphatic hydroxyl groups excluding tert-OH is 2. The van der Waals surface area contributed by atoms with E-state index in [-0.39, 0.29) is 152 Å². The highest BCUT2D eigenvalue weighted by Crippen LogP contribution is 2.20. The Bertz CT molecular complexity index is 3950. The number of carbonyl (C=O) groups excluding carboxylic acids is 14. The largest absolute Gasteiger partial charge is 0.508 e. The molecule has 2 rings (SSSR count). The molecule has 14 atom stereocenters. The Labute approximate surface area is 803 Å². The molecule has 0 fully saturated rings. The summed E-state index contributed by atoms with van der Waals surface area (Å²) in [6.07, 6.45) is 20.5. The molecule has 34 N–H and O–H groups in total. The molecule has 1 heterocycles. The van der Waals surface area contributed by atoms with Crippen LogP contribution in [0.3, 0.4) is 0 Å². The van der Waals surface area contributed by atoms with Crippen LogP contribution in [0.1, 0.15) is 265 Å². The summed E-state index contributed by atoms with van der Waals surface area (Å²) in [5.74, 6) is -16.4. The molecule has 2 aromatic rings. The molecule has 0 bridgehead atoms. The number of carboxylic acid groups (broad SMARTS) is 1. The van der Waals surface area contributed by atoms with Gasteiger partial charge in [0, 0.05) is 38.5 Å². The summed E-state index contributed by atoms with van der Waals surface area (Å²) in [5, 5.41) is 96.4. The number of H-pyrrole nitrogens is 1. The van der Waals surface area contributed by atoms with Crippen LogP contribution in [0.25, 0.3) is 0 Å². The number of phenols is 1. The Morgan fingerprint density at radius 2 is 0.757 bits per heavy atom. The molecule has 0 aliphatic carbocycles. The molecule has 136 heavy (non-hydrogen) atoms. The van der Waals surface area contributed by atoms with Gasteiger partial charge in [0.15, 0.2) is 11.9 Å². The minimum atomic E-state index is -2.10. The second kappa shape index (κ2) is 70.6. The van der Waals surface area contributed by atoms with Gasteiger partial charge in [-0.1, -0.05) is 137 Å². The maximum Gasteiger partial charge on any atom is 0.305 e. The van der Waals surface area contributed by atoms with Crippen molar-refractivity contribution in [2.24, 2.45) is 46.2 Å². The van der Waals surface area contributed by atoms with E-state index in [0.29, 0.717) is 49.9 Å². The van der Waals surface area contributed by atoms with Crippen LogP contribution in [-0.4, -0.2) is 267 Å². The molecule has 0 saturated carbocycles. The van der Waals surface area contributed by atoms with Crippen molar-refractivity contribution in [2.75, 3.05) is 51.3 Å². The van der Waals surface area contributed by atoms with E-state index in [0.717, 1.165) is 32.6 Å². The highest BCUT2D eigenvalue weighted by atomic mass is 32.2. The lowest BCUT2D eigenvalue weighted by Gasteiger charge is -2.29. The van der Waals surface area contributed by atoms with E-state index in [1.165, 1.54) is 113 Å². The number of amides is 14. The number of aliphatic hydroxyl groups is 2. The van der Waals surface area contributed by atoms with Crippen molar-refractivity contribution in [3.05, 3.63) is 48.0 Å². The van der Waals surface area contributed by atoms with E-state index in [2.05, 4.69) is 96.6 Å². The minimum absolute atomic E-state index is 0.00227. The first-order valence-electron chi connectivity index (χ1n) is 48.1. The van der Waals surface area contributed by atoms with E-state index >= 15 is 0 Å². The van der Waals surface area contributed by atoms with E-state index in [4.69, 9.17) is 45.2 Å². The monoisotopic (exact) mass is 1940 g/mol. The van der Waals surface area contributed by atoms with Crippen LogP contribution < -0.4 is 114 Å². The first-order valence-corrected chi connectivity index (χ1v) is 49.5. The molecule has 0 aliphatic rings. The Morgan fingerprint density at radius 3 is 1.13 bits per heavy atom. The van der Waals surface area contributed by atoms with E-state index in [9.17, 15) is 92.3 Å². The number of aromatic amines is 1. The maximum atomic E-state index is 14.9. The molecule has 1 aromatic heterocycles. The van der Waals surface area contributed by atoms with Crippen LogP contribution in [0.5, 0.6) is 5.75 Å². The third-order valence-electron chi connectivity index (χ3n) is 22.5. The van der Waals surface area contributed by atoms with Gasteiger partial charge in [-0.05, 0) is 177 Å². The number of imidazole rings is 1. The predicted molar refractivity (Wildman–Crippen MR) is 518 cm³/mol. The fourth-order valence-electron chi connectivity index (χ4n) is 14.8. The van der Waals surface area contributed by atoms with E-state index < -0.39 is 192 Å². The summed E-state index contributed by atoms with van der Waals surface area (Å²) in [6.45, 7) is 9.94. The lowest BCUT2D eigenvalue weighted by Crippen LogP contribution is -2.62. The number of carbonyl (C=O) groups is 15. The number of hydrogen-bond donors (Lipinski definition) is 28. The Hall–Kier alpha value is -11.0. The zero-order chi connectivity index (χ0) is 101. The maximum absolute atomic E-state index is 14.9. The number of primary amides is 1. The van der Waals surface area contributed by atoms with Gasteiger partial charge in [0.2, 0.25) is 82.7 Å². The van der Waals surface area contributed by atoms with Gasteiger partial charge in [-0.3, -0.25) is 82.7 Å². The van der Waals surface area contributed by atoms with Gasteiger partial charge in [-0.2, -0.15) is 11.8 Å². The van der Waals surface area contributed by atoms with Crippen molar-refractivity contribution < 1.29 is 92.3 Å². The smallest absolute Gasteiger partial charge is 0.305 e. The minimum Gasteiger partial charge on any atom is -0.508 e. The summed E-state index contributed by atoms with van der Waals surface area (Å²) in [7, 11) is 0. The highest BCUT2D eigenvalue weighted by molar-refractivity contribution is 7.98. The lowest BCUT2D eigenvalue weighted by atomic mass is 10.0. The number of nitrogens with two attached hydrogens (primary N) is 6. The number of rotatable bonds is 77. The number of hydrogen-bond acceptors (Lipinski definition) is 25. The van der Waals surface area contributed by atoms with E-state index in [1.807, 2.05) is 0 Å². The van der Waals surface area contributed by atoms with E-state index in [1.54, 1.807) is 34.0 Å². The van der Waals surface area contributed by atoms with Crippen molar-refractivity contribution in [3.8, 4) is 5.75 Å². The normalized spacial score (nSPS) is 14.3. The topological polar surface area (TPSA) is 750 Å². The number of unbranched alkanes of at least 4 members (excludes halogenated alkanes) is 17. The second-order valence-electron chi connectivity index (χ2n) is 35.4. The average molecular weight is 1940 g/mol. The summed E-state index contributed by atoms with van der Waals surface area (Å²) in [5.41, 5.74) is 35.0. The number of thioether (sulfide) groups is 1. The summed E-state index contributed by atoms with van der Waals surface area (Å²) in [4.78, 5) is 220. The Balaban J connectivity index is 2.49. The van der Waals surface area contributed by atoms with Crippen molar-refractivity contribution in [2.45, 2.75) is 351 Å². The molecule has 0 saturated heterocycles. The number of nitrogens with zero attached hydrogens (tertiary/aromatic N) is 1. The summed E-state index contributed by atoms with van der Waals surface area (Å²) >= 11 is 1.21. The van der Waals surface area contributed by atoms with Crippen molar-refractivity contribution in [1.82, 2.24) is 89.7 Å². The first-order chi connectivity index (χ1) is 64.8. The quantitative estimate of drug-likeness (QED) is 0.0227. The van der Waals surface area contributed by atoms with Gasteiger partial charge >= 0.3 is 5.97 Å². The summed E-state index contributed by atoms with van der Waals surface area (Å²) in [6, 6.07) is -14.8. The third kappa shape index (κ3) is 52.9. The second-order valence-corrected chi connectivity index (χ2v) is 36.4. The molecule has 0 radical (unpaired) electrons. The number of guanidine groups is 2. The van der Waals surface area contributed by atoms with Crippen LogP contribution in [0.2, 0.25) is 0 Å². The van der Waals surface area contributed by atoms with Crippen LogP contribution in [-0.2, 0) is 84.8 Å². The predicted octanol–water partition coefficient (Wildman–Crippen LogP) is -0.444. The molecule has 0 spiro atoms. The molecule has 0 unspecified atom stereocenters. The zero-order valence-corrected chi connectivity index (χ0v) is 81.4. The molecule has 45 heteroatoms. The Kier molecular flexibility index (Phi) is 62.8. The van der Waals surface area contributed by atoms with Crippen LogP contribution in [0.15, 0.2) is 36.8 Å². The molecule has 1 aromatic carbocycles. The van der Waals surface area contributed by atoms with Gasteiger partial charge in [-0.15, -0.1) is 0 Å². The summed E-state index contributed by atoms with van der Waals surface area (Å²) < 4.78 is 0. The fourth-order valence-corrected chi connectivity index (χ4v) is 15.3. The zero-order valence-electron chi connectivity index (χ0n) is 80.6. The van der Waals surface area contributed by atoms with Crippen molar-refractivity contribution >= 4 is 112 Å². The number of carboxylic acids is 1.